The lowest BCUT2D eigenvalue weighted by Gasteiger charge is -2.38. The van der Waals surface area contributed by atoms with Crippen LogP contribution < -0.4 is 0 Å². The molecule has 8 nitrogen and oxygen atoms in total. The summed E-state index contributed by atoms with van der Waals surface area (Å²) in [6.45, 7) is 3.49. The van der Waals surface area contributed by atoms with Crippen LogP contribution in [0.1, 0.15) is 24.5 Å². The van der Waals surface area contributed by atoms with E-state index in [9.17, 15) is 19.5 Å². The molecule has 4 aliphatic heterocycles. The Kier molecular flexibility index (Phi) is 7.53. The van der Waals surface area contributed by atoms with Gasteiger partial charge < -0.3 is 24.5 Å². The predicted octanol–water partition coefficient (Wildman–Crippen LogP) is 2.58. The fourth-order valence-corrected chi connectivity index (χ4v) is 7.12. The predicted molar refractivity (Wildman–Crippen MR) is 153 cm³/mol. The number of hydrogen-bond acceptors (Lipinski definition) is 5. The van der Waals surface area contributed by atoms with Gasteiger partial charge in [-0.25, -0.2) is 0 Å². The summed E-state index contributed by atoms with van der Waals surface area (Å²) in [6, 6.07) is 17.7. The largest absolute Gasteiger partial charge is 0.394 e. The number of hydrogen-bond donors (Lipinski definition) is 1. The van der Waals surface area contributed by atoms with Crippen LogP contribution in [0.2, 0.25) is 0 Å². The average Bonchev–Trinajstić information content (AvgIpc) is 3.32. The molecule has 6 atom stereocenters. The van der Waals surface area contributed by atoms with Gasteiger partial charge in [0.25, 0.3) is 0 Å². The number of ether oxygens (including phenoxy) is 1. The molecule has 0 saturated carbocycles. The molecule has 2 aromatic rings. The Labute approximate surface area is 240 Å². The molecular formula is C33H37N3O5. The maximum atomic E-state index is 14.6. The van der Waals surface area contributed by atoms with E-state index in [0.717, 1.165) is 17.5 Å². The Bertz CT molecular complexity index is 1350. The van der Waals surface area contributed by atoms with E-state index in [-0.39, 0.29) is 24.3 Å². The van der Waals surface area contributed by atoms with Crippen molar-refractivity contribution in [1.82, 2.24) is 14.7 Å². The maximum Gasteiger partial charge on any atom is 0.249 e. The minimum Gasteiger partial charge on any atom is -0.394 e. The van der Waals surface area contributed by atoms with Gasteiger partial charge in [-0.1, -0.05) is 91.9 Å². The van der Waals surface area contributed by atoms with Crippen LogP contribution in [0.3, 0.4) is 0 Å². The van der Waals surface area contributed by atoms with Gasteiger partial charge in [0, 0.05) is 26.2 Å². The Morgan fingerprint density at radius 3 is 2.27 bits per heavy atom. The van der Waals surface area contributed by atoms with E-state index in [4.69, 9.17) is 4.74 Å². The minimum absolute atomic E-state index is 0.118. The summed E-state index contributed by atoms with van der Waals surface area (Å²) in [5.41, 5.74) is 0.616. The molecule has 4 aliphatic rings. The molecule has 1 N–H and O–H groups in total. The first-order valence-electron chi connectivity index (χ1n) is 14.6. The molecule has 2 fully saturated rings. The van der Waals surface area contributed by atoms with Crippen molar-refractivity contribution >= 4 is 17.7 Å². The van der Waals surface area contributed by atoms with Crippen molar-refractivity contribution in [2.75, 3.05) is 26.2 Å². The topological polar surface area (TPSA) is 90.4 Å². The zero-order chi connectivity index (χ0) is 28.6. The Morgan fingerprint density at radius 2 is 1.59 bits per heavy atom. The first-order chi connectivity index (χ1) is 20.0. The summed E-state index contributed by atoms with van der Waals surface area (Å²) in [5.74, 6) is -2.27. The van der Waals surface area contributed by atoms with E-state index in [0.29, 0.717) is 32.6 Å². The maximum absolute atomic E-state index is 14.6. The Morgan fingerprint density at radius 1 is 0.902 bits per heavy atom. The second-order valence-electron chi connectivity index (χ2n) is 11.4. The molecule has 4 heterocycles. The van der Waals surface area contributed by atoms with Crippen molar-refractivity contribution in [2.45, 2.75) is 50.1 Å². The number of amides is 3. The Balaban J connectivity index is 1.43. The number of likely N-dealkylation sites (tertiary alicyclic amines) is 1. The molecule has 0 bridgehead atoms. The number of fused-ring (bicyclic) bond motifs is 2. The van der Waals surface area contributed by atoms with Gasteiger partial charge in [0.15, 0.2) is 0 Å². The molecule has 1 unspecified atom stereocenters. The van der Waals surface area contributed by atoms with Crippen LogP contribution in [-0.4, -0.2) is 87.6 Å². The van der Waals surface area contributed by atoms with E-state index >= 15 is 0 Å². The van der Waals surface area contributed by atoms with Gasteiger partial charge in [0.05, 0.1) is 30.6 Å². The molecule has 0 aliphatic carbocycles. The smallest absolute Gasteiger partial charge is 0.249 e. The molecule has 2 saturated heterocycles. The van der Waals surface area contributed by atoms with E-state index in [2.05, 4.69) is 0 Å². The van der Waals surface area contributed by atoms with E-state index in [1.807, 2.05) is 91.9 Å². The normalized spacial score (nSPS) is 29.7. The number of rotatable bonds is 8. The second-order valence-corrected chi connectivity index (χ2v) is 11.4. The van der Waals surface area contributed by atoms with E-state index in [1.54, 1.807) is 14.7 Å². The number of aliphatic hydroxyl groups is 1. The van der Waals surface area contributed by atoms with Crippen LogP contribution >= 0.6 is 0 Å². The van der Waals surface area contributed by atoms with Gasteiger partial charge in [0.1, 0.15) is 11.6 Å². The number of aliphatic hydroxyl groups excluding tert-OH is 1. The quantitative estimate of drug-likeness (QED) is 0.506. The summed E-state index contributed by atoms with van der Waals surface area (Å²) < 4.78 is 6.74. The van der Waals surface area contributed by atoms with Crippen LogP contribution in [-0.2, 0) is 32.1 Å². The summed E-state index contributed by atoms with van der Waals surface area (Å²) in [4.78, 5) is 48.1. The van der Waals surface area contributed by atoms with Crippen LogP contribution in [0.25, 0.3) is 0 Å². The third kappa shape index (κ3) is 4.69. The summed E-state index contributed by atoms with van der Waals surface area (Å²) >= 11 is 0. The van der Waals surface area contributed by atoms with Crippen LogP contribution in [0.5, 0.6) is 0 Å². The minimum atomic E-state index is -1.31. The van der Waals surface area contributed by atoms with Gasteiger partial charge in [0.2, 0.25) is 17.7 Å². The SMILES string of the molecule is CCCN1CC=C[C@H]2O[C@]34C=CCN(Cc5ccccc5)C(=O)C3N([C@@H](CO)Cc3ccccc3)C(=O)[C@@H]4[C@H]2C1=O. The first-order valence-corrected chi connectivity index (χ1v) is 14.6. The van der Waals surface area contributed by atoms with Crippen molar-refractivity contribution in [3.8, 4) is 0 Å². The van der Waals surface area contributed by atoms with Crippen molar-refractivity contribution in [2.24, 2.45) is 11.8 Å². The highest BCUT2D eigenvalue weighted by Crippen LogP contribution is 2.54. The summed E-state index contributed by atoms with van der Waals surface area (Å²) in [7, 11) is 0. The lowest BCUT2D eigenvalue weighted by molar-refractivity contribution is -0.151. The second kappa shape index (κ2) is 11.3. The molecule has 41 heavy (non-hydrogen) atoms. The van der Waals surface area contributed by atoms with Crippen LogP contribution in [0.4, 0.5) is 0 Å². The van der Waals surface area contributed by atoms with E-state index < -0.39 is 35.6 Å². The molecule has 8 heteroatoms. The number of carbonyl (C=O) groups excluding carboxylic acids is 3. The lowest BCUT2D eigenvalue weighted by Crippen LogP contribution is -2.58. The lowest BCUT2D eigenvalue weighted by atomic mass is 9.77. The van der Waals surface area contributed by atoms with Crippen molar-refractivity contribution in [3.05, 3.63) is 96.1 Å². The van der Waals surface area contributed by atoms with Crippen molar-refractivity contribution in [1.29, 1.82) is 0 Å². The molecule has 0 aromatic heterocycles. The van der Waals surface area contributed by atoms with Gasteiger partial charge in [-0.3, -0.25) is 14.4 Å². The van der Waals surface area contributed by atoms with Gasteiger partial charge >= 0.3 is 0 Å². The van der Waals surface area contributed by atoms with Gasteiger partial charge in [-0.2, -0.15) is 0 Å². The first kappa shape index (κ1) is 27.4. The van der Waals surface area contributed by atoms with Gasteiger partial charge in [-0.15, -0.1) is 0 Å². The van der Waals surface area contributed by atoms with Crippen LogP contribution in [0, 0.1) is 11.8 Å². The Hall–Kier alpha value is -3.75. The third-order valence-corrected chi connectivity index (χ3v) is 8.89. The molecular weight excluding hydrogens is 518 g/mol. The molecule has 0 radical (unpaired) electrons. The highest BCUT2D eigenvalue weighted by Gasteiger charge is 2.72. The number of carbonyl (C=O) groups is 3. The summed E-state index contributed by atoms with van der Waals surface area (Å²) in [5, 5.41) is 10.7. The third-order valence-electron chi connectivity index (χ3n) is 8.89. The number of benzene rings is 2. The van der Waals surface area contributed by atoms with E-state index in [1.165, 1.54) is 0 Å². The fraction of sp³-hybridized carbons (Fsp3) is 0.424. The molecule has 2 aromatic carbocycles. The zero-order valence-corrected chi connectivity index (χ0v) is 23.3. The molecule has 1 spiro atoms. The standard InChI is InChI=1S/C33H37N3O5/c1-2-17-34-18-9-15-26-27(30(34)38)28-31(39)36(25(22-37)20-23-11-5-3-6-12-23)29-32(40)35(19-10-16-33(28,29)41-26)21-24-13-7-4-8-14-24/h3-16,25-29,37H,2,17-22H2,1H3/t25-,26-,27+,28+,29?,33+/m1/s1. The highest BCUT2D eigenvalue weighted by atomic mass is 16.5. The monoisotopic (exact) mass is 555 g/mol. The van der Waals surface area contributed by atoms with Crippen molar-refractivity contribution in [3.63, 3.8) is 0 Å². The number of nitrogens with zero attached hydrogens (tertiary/aromatic N) is 3. The van der Waals surface area contributed by atoms with Gasteiger partial charge in [-0.05, 0) is 24.0 Å². The molecule has 6 rings (SSSR count). The summed E-state index contributed by atoms with van der Waals surface area (Å²) in [6.07, 6.45) is 8.15. The fourth-order valence-electron chi connectivity index (χ4n) is 7.12. The highest BCUT2D eigenvalue weighted by molar-refractivity contribution is 6.00. The van der Waals surface area contributed by atoms with Crippen LogP contribution in [0.15, 0.2) is 85.0 Å². The zero-order valence-electron chi connectivity index (χ0n) is 23.3. The molecule has 214 valence electrons. The molecule has 3 amide bonds. The van der Waals surface area contributed by atoms with Crippen molar-refractivity contribution < 1.29 is 24.2 Å². The average molecular weight is 556 g/mol.